The van der Waals surface area contributed by atoms with Crippen molar-refractivity contribution >= 4 is 5.97 Å². The minimum atomic E-state index is -0.753. The van der Waals surface area contributed by atoms with E-state index in [0.29, 0.717) is 26.1 Å². The van der Waals surface area contributed by atoms with Gasteiger partial charge in [0.15, 0.2) is 0 Å². The van der Waals surface area contributed by atoms with Gasteiger partial charge in [0.05, 0.1) is 18.3 Å². The first-order chi connectivity index (χ1) is 14.0. The van der Waals surface area contributed by atoms with Gasteiger partial charge in [-0.1, -0.05) is 50.5 Å². The molecule has 0 aromatic heterocycles. The van der Waals surface area contributed by atoms with E-state index in [1.54, 1.807) is 0 Å². The minimum absolute atomic E-state index is 0.0366. The van der Waals surface area contributed by atoms with Gasteiger partial charge in [-0.2, -0.15) is 0 Å². The van der Waals surface area contributed by atoms with Crippen molar-refractivity contribution in [3.8, 4) is 0 Å². The number of hydrogen-bond donors (Lipinski definition) is 2. The Morgan fingerprint density at radius 3 is 2.59 bits per heavy atom. The van der Waals surface area contributed by atoms with Crippen molar-refractivity contribution < 1.29 is 24.5 Å². The van der Waals surface area contributed by atoms with E-state index in [2.05, 4.69) is 25.2 Å². The molecule has 2 N–H and O–H groups in total. The summed E-state index contributed by atoms with van der Waals surface area (Å²) in [4.78, 5) is 10.6. The van der Waals surface area contributed by atoms with Gasteiger partial charge in [-0.3, -0.25) is 4.79 Å². The van der Waals surface area contributed by atoms with E-state index in [-0.39, 0.29) is 36.6 Å². The maximum Gasteiger partial charge on any atom is 0.303 e. The Kier molecular flexibility index (Phi) is 14.0. The van der Waals surface area contributed by atoms with Crippen LogP contribution < -0.4 is 0 Å². The first-order valence-corrected chi connectivity index (χ1v) is 11.5. The van der Waals surface area contributed by atoms with Crippen LogP contribution in [0.2, 0.25) is 0 Å². The first-order valence-electron chi connectivity index (χ1n) is 11.5. The van der Waals surface area contributed by atoms with Gasteiger partial charge >= 0.3 is 5.97 Å². The smallest absolute Gasteiger partial charge is 0.303 e. The molecule has 5 nitrogen and oxygen atoms in total. The third-order valence-corrected chi connectivity index (χ3v) is 5.63. The Bertz CT molecular complexity index is 488. The average molecular weight is 411 g/mol. The number of unbranched alkanes of at least 4 members (excludes halogenated alkanes) is 3. The van der Waals surface area contributed by atoms with Crippen LogP contribution in [0.3, 0.4) is 0 Å². The maximum absolute atomic E-state index is 10.6. The summed E-state index contributed by atoms with van der Waals surface area (Å²) in [6.07, 6.45) is 16.0. The van der Waals surface area contributed by atoms with Crippen molar-refractivity contribution in [1.29, 1.82) is 0 Å². The van der Waals surface area contributed by atoms with Crippen molar-refractivity contribution in [3.05, 3.63) is 24.3 Å². The standard InChI is InChI=1S/C24H42O5/c1-4-7-10-13-19(28-5-2)16-17-21-20(22(25)18-23(21)29-6-3)14-11-8-9-12-15-24(26)27/h8,11,16-17,19-23,25H,4-7,9-10,12-15,18H2,1-3H3,(H,26,27)/b11-8-,17-16+/t19?,20-,21-,22?,23?/m1/s1. The summed E-state index contributed by atoms with van der Waals surface area (Å²) in [5, 5.41) is 19.3. The first kappa shape index (κ1) is 25.9. The largest absolute Gasteiger partial charge is 0.481 e. The van der Waals surface area contributed by atoms with E-state index in [1.807, 2.05) is 19.9 Å². The molecule has 1 saturated carbocycles. The predicted molar refractivity (Wildman–Crippen MR) is 117 cm³/mol. The number of carboxylic acid groups (broad SMARTS) is 1. The van der Waals surface area contributed by atoms with Gasteiger partial charge in [0.25, 0.3) is 0 Å². The second-order valence-electron chi connectivity index (χ2n) is 7.91. The average Bonchev–Trinajstić information content (AvgIpc) is 2.97. The molecule has 1 aliphatic carbocycles. The number of aliphatic hydroxyl groups is 1. The molecule has 0 amide bonds. The molecule has 0 aromatic carbocycles. The van der Waals surface area contributed by atoms with Gasteiger partial charge in [-0.05, 0) is 45.4 Å². The molecule has 0 spiro atoms. The second-order valence-corrected chi connectivity index (χ2v) is 7.91. The molecule has 0 aliphatic heterocycles. The summed E-state index contributed by atoms with van der Waals surface area (Å²) in [5.41, 5.74) is 0. The van der Waals surface area contributed by atoms with Crippen LogP contribution in [0.15, 0.2) is 24.3 Å². The number of carbonyl (C=O) groups is 1. The molecule has 0 saturated heterocycles. The molecule has 5 heteroatoms. The van der Waals surface area contributed by atoms with Gasteiger partial charge in [0.2, 0.25) is 0 Å². The molecule has 0 heterocycles. The normalized spacial score (nSPS) is 25.9. The third-order valence-electron chi connectivity index (χ3n) is 5.63. The lowest BCUT2D eigenvalue weighted by Crippen LogP contribution is -2.22. The summed E-state index contributed by atoms with van der Waals surface area (Å²) in [7, 11) is 0. The van der Waals surface area contributed by atoms with Crippen LogP contribution in [-0.2, 0) is 14.3 Å². The zero-order valence-electron chi connectivity index (χ0n) is 18.6. The van der Waals surface area contributed by atoms with Crippen molar-refractivity contribution in [1.82, 2.24) is 0 Å². The van der Waals surface area contributed by atoms with Gasteiger partial charge in [-0.25, -0.2) is 0 Å². The van der Waals surface area contributed by atoms with Gasteiger partial charge in [0, 0.05) is 32.0 Å². The van der Waals surface area contributed by atoms with Crippen LogP contribution in [0.5, 0.6) is 0 Å². The van der Waals surface area contributed by atoms with Crippen molar-refractivity contribution in [2.45, 2.75) is 96.9 Å². The molecule has 5 atom stereocenters. The maximum atomic E-state index is 10.6. The van der Waals surface area contributed by atoms with E-state index in [1.165, 1.54) is 12.8 Å². The summed E-state index contributed by atoms with van der Waals surface area (Å²) in [5.74, 6) is -0.462. The highest BCUT2D eigenvalue weighted by molar-refractivity contribution is 5.66. The Hall–Kier alpha value is -1.17. The minimum Gasteiger partial charge on any atom is -0.481 e. The van der Waals surface area contributed by atoms with Gasteiger partial charge in [-0.15, -0.1) is 0 Å². The molecule has 1 rings (SSSR count). The number of carboxylic acids is 1. The van der Waals surface area contributed by atoms with Crippen molar-refractivity contribution in [3.63, 3.8) is 0 Å². The monoisotopic (exact) mass is 410 g/mol. The summed E-state index contributed by atoms with van der Waals surface area (Å²) >= 11 is 0. The number of aliphatic hydroxyl groups excluding tert-OH is 1. The van der Waals surface area contributed by atoms with E-state index in [4.69, 9.17) is 14.6 Å². The van der Waals surface area contributed by atoms with E-state index in [9.17, 15) is 9.90 Å². The number of allylic oxidation sites excluding steroid dienone is 2. The van der Waals surface area contributed by atoms with Gasteiger partial charge in [0.1, 0.15) is 0 Å². The Morgan fingerprint density at radius 2 is 1.93 bits per heavy atom. The molecular formula is C24H42O5. The van der Waals surface area contributed by atoms with Crippen LogP contribution in [0.25, 0.3) is 0 Å². The lowest BCUT2D eigenvalue weighted by atomic mass is 9.89. The van der Waals surface area contributed by atoms with Gasteiger partial charge < -0.3 is 19.7 Å². The summed E-state index contributed by atoms with van der Waals surface area (Å²) < 4.78 is 11.8. The van der Waals surface area contributed by atoms with Crippen LogP contribution in [-0.4, -0.2) is 47.7 Å². The summed E-state index contributed by atoms with van der Waals surface area (Å²) in [6, 6.07) is 0. The zero-order valence-corrected chi connectivity index (χ0v) is 18.6. The molecule has 0 aromatic rings. The fraction of sp³-hybridized carbons (Fsp3) is 0.792. The highest BCUT2D eigenvalue weighted by atomic mass is 16.5. The molecule has 168 valence electrons. The molecule has 3 unspecified atom stereocenters. The van der Waals surface area contributed by atoms with Crippen molar-refractivity contribution in [2.75, 3.05) is 13.2 Å². The van der Waals surface area contributed by atoms with Crippen LogP contribution >= 0.6 is 0 Å². The molecule has 0 radical (unpaired) electrons. The Morgan fingerprint density at radius 1 is 1.14 bits per heavy atom. The number of ether oxygens (including phenoxy) is 2. The number of rotatable bonds is 16. The fourth-order valence-corrected chi connectivity index (χ4v) is 4.12. The Labute approximate surface area is 177 Å². The second kappa shape index (κ2) is 15.6. The topological polar surface area (TPSA) is 76.0 Å². The van der Waals surface area contributed by atoms with Crippen LogP contribution in [0.1, 0.15) is 78.6 Å². The van der Waals surface area contributed by atoms with E-state index < -0.39 is 5.97 Å². The van der Waals surface area contributed by atoms with E-state index in [0.717, 1.165) is 25.7 Å². The SMILES string of the molecule is CCCCCC(/C=C/[C@H]1C(OCC)CC(O)[C@@H]1C/C=C\CCCC(=O)O)OCC. The van der Waals surface area contributed by atoms with Crippen molar-refractivity contribution in [2.24, 2.45) is 11.8 Å². The fourth-order valence-electron chi connectivity index (χ4n) is 4.12. The molecule has 29 heavy (non-hydrogen) atoms. The molecule has 0 bridgehead atoms. The van der Waals surface area contributed by atoms with Crippen LogP contribution in [0, 0.1) is 11.8 Å². The van der Waals surface area contributed by atoms with Crippen LogP contribution in [0.4, 0.5) is 0 Å². The Balaban J connectivity index is 2.71. The zero-order chi connectivity index (χ0) is 21.5. The molecule has 1 aliphatic rings. The molecule has 1 fully saturated rings. The lowest BCUT2D eigenvalue weighted by Gasteiger charge is -2.22. The van der Waals surface area contributed by atoms with E-state index >= 15 is 0 Å². The highest BCUT2D eigenvalue weighted by Crippen LogP contribution is 2.38. The number of hydrogen-bond acceptors (Lipinski definition) is 4. The number of aliphatic carboxylic acids is 1. The molecular weight excluding hydrogens is 368 g/mol. The lowest BCUT2D eigenvalue weighted by molar-refractivity contribution is -0.137. The highest BCUT2D eigenvalue weighted by Gasteiger charge is 2.40. The predicted octanol–water partition coefficient (Wildman–Crippen LogP) is 5.13. The third kappa shape index (κ3) is 10.4. The quantitative estimate of drug-likeness (QED) is 0.272. The summed E-state index contributed by atoms with van der Waals surface area (Å²) in [6.45, 7) is 7.58.